The van der Waals surface area contributed by atoms with Crippen LogP contribution in [-0.4, -0.2) is 24.8 Å². The third-order valence-electron chi connectivity index (χ3n) is 3.81. The minimum Gasteiger partial charge on any atom is -0.490 e. The molecule has 2 aliphatic rings. The van der Waals surface area contributed by atoms with E-state index in [1.807, 2.05) is 12.1 Å². The van der Waals surface area contributed by atoms with Crippen LogP contribution in [0.15, 0.2) is 12.1 Å². The molecule has 5 nitrogen and oxygen atoms in total. The van der Waals surface area contributed by atoms with Crippen molar-refractivity contribution in [2.45, 2.75) is 19.4 Å². The largest absolute Gasteiger partial charge is 0.490 e. The molecule has 0 amide bonds. The molecule has 0 fully saturated rings. The van der Waals surface area contributed by atoms with Crippen molar-refractivity contribution < 1.29 is 14.2 Å². The van der Waals surface area contributed by atoms with Gasteiger partial charge in [0.15, 0.2) is 11.5 Å². The van der Waals surface area contributed by atoms with Crippen molar-refractivity contribution in [3.63, 3.8) is 0 Å². The lowest BCUT2D eigenvalue weighted by molar-refractivity contribution is 0.110. The Morgan fingerprint density at radius 1 is 1.05 bits per heavy atom. The zero-order chi connectivity index (χ0) is 13.5. The Hall–Kier alpha value is -2.01. The highest BCUT2D eigenvalue weighted by molar-refractivity contribution is 5.94. The van der Waals surface area contributed by atoms with Gasteiger partial charge in [0, 0.05) is 35.5 Å². The fraction of sp³-hybridized carbons (Fsp3) is 0.400. The number of rotatable bonds is 0. The van der Waals surface area contributed by atoms with E-state index in [0.717, 1.165) is 52.2 Å². The van der Waals surface area contributed by atoms with Gasteiger partial charge in [0.25, 0.3) is 0 Å². The van der Waals surface area contributed by atoms with E-state index in [4.69, 9.17) is 24.9 Å². The van der Waals surface area contributed by atoms with Crippen molar-refractivity contribution in [2.75, 3.05) is 25.6 Å². The normalized spacial score (nSPS) is 17.6. The number of pyridine rings is 1. The SMILES string of the molecule is Nc1c2c(nc3cc4c(cc13)OCCCO4)CCOC2. The molecule has 2 aromatic rings. The molecule has 0 spiro atoms. The molecule has 1 aromatic carbocycles. The number of benzene rings is 1. The van der Waals surface area contributed by atoms with Crippen LogP contribution in [-0.2, 0) is 17.8 Å². The molecule has 0 atom stereocenters. The van der Waals surface area contributed by atoms with Gasteiger partial charge in [0.2, 0.25) is 0 Å². The molecule has 0 aliphatic carbocycles. The third-order valence-corrected chi connectivity index (χ3v) is 3.81. The second kappa shape index (κ2) is 4.52. The van der Waals surface area contributed by atoms with Gasteiger partial charge in [0.05, 0.1) is 37.6 Å². The van der Waals surface area contributed by atoms with Crippen molar-refractivity contribution >= 4 is 16.6 Å². The maximum absolute atomic E-state index is 6.30. The van der Waals surface area contributed by atoms with Crippen LogP contribution in [0.25, 0.3) is 10.9 Å². The minimum absolute atomic E-state index is 0.540. The van der Waals surface area contributed by atoms with Gasteiger partial charge >= 0.3 is 0 Å². The Kier molecular flexibility index (Phi) is 2.67. The first-order chi connectivity index (χ1) is 9.83. The molecular formula is C15H16N2O3. The third kappa shape index (κ3) is 1.78. The number of ether oxygens (including phenoxy) is 3. The number of nitrogens with two attached hydrogens (primary N) is 1. The zero-order valence-corrected chi connectivity index (χ0v) is 11.1. The molecule has 20 heavy (non-hydrogen) atoms. The fourth-order valence-corrected chi connectivity index (χ4v) is 2.75. The number of nitrogen functional groups attached to an aromatic ring is 1. The van der Waals surface area contributed by atoms with Crippen LogP contribution >= 0.6 is 0 Å². The topological polar surface area (TPSA) is 66.6 Å². The van der Waals surface area contributed by atoms with Crippen molar-refractivity contribution in [2.24, 2.45) is 0 Å². The highest BCUT2D eigenvalue weighted by atomic mass is 16.5. The molecule has 0 unspecified atom stereocenters. The van der Waals surface area contributed by atoms with Crippen LogP contribution in [0, 0.1) is 0 Å². The van der Waals surface area contributed by atoms with Gasteiger partial charge in [-0.2, -0.15) is 0 Å². The number of anilines is 1. The summed E-state index contributed by atoms with van der Waals surface area (Å²) in [6.45, 7) is 2.58. The predicted octanol–water partition coefficient (Wildman–Crippen LogP) is 2.05. The van der Waals surface area contributed by atoms with Crippen LogP contribution in [0.5, 0.6) is 11.5 Å². The lowest BCUT2D eigenvalue weighted by Gasteiger charge is -2.19. The Labute approximate surface area is 116 Å². The van der Waals surface area contributed by atoms with Crippen molar-refractivity contribution in [1.29, 1.82) is 0 Å². The molecule has 104 valence electrons. The number of nitrogens with zero attached hydrogens (tertiary/aromatic N) is 1. The second-order valence-electron chi connectivity index (χ2n) is 5.12. The number of hydrogen-bond donors (Lipinski definition) is 1. The first-order valence-corrected chi connectivity index (χ1v) is 6.91. The molecule has 2 aliphatic heterocycles. The van der Waals surface area contributed by atoms with Crippen molar-refractivity contribution in [3.05, 3.63) is 23.4 Å². The molecule has 4 rings (SSSR count). The van der Waals surface area contributed by atoms with E-state index in [0.29, 0.717) is 26.4 Å². The fourth-order valence-electron chi connectivity index (χ4n) is 2.75. The van der Waals surface area contributed by atoms with Gasteiger partial charge in [-0.1, -0.05) is 0 Å². The highest BCUT2D eigenvalue weighted by Crippen LogP contribution is 2.38. The van der Waals surface area contributed by atoms with Crippen LogP contribution in [0.2, 0.25) is 0 Å². The summed E-state index contributed by atoms with van der Waals surface area (Å²) in [4.78, 5) is 4.72. The van der Waals surface area contributed by atoms with Crippen LogP contribution in [0.1, 0.15) is 17.7 Å². The van der Waals surface area contributed by atoms with E-state index in [-0.39, 0.29) is 0 Å². The number of hydrogen-bond acceptors (Lipinski definition) is 5. The van der Waals surface area contributed by atoms with E-state index in [1.165, 1.54) is 0 Å². The second-order valence-corrected chi connectivity index (χ2v) is 5.12. The molecule has 3 heterocycles. The van der Waals surface area contributed by atoms with Crippen LogP contribution < -0.4 is 15.2 Å². The molecule has 5 heteroatoms. The smallest absolute Gasteiger partial charge is 0.163 e. The molecule has 0 saturated carbocycles. The Bertz CT molecular complexity index is 685. The maximum Gasteiger partial charge on any atom is 0.163 e. The molecule has 0 bridgehead atoms. The molecular weight excluding hydrogens is 256 g/mol. The first kappa shape index (κ1) is 11.8. The standard InChI is InChI=1S/C15H16N2O3/c16-15-9-6-13-14(20-4-1-3-19-13)7-12(9)17-11-2-5-18-8-10(11)15/h6-7H,1-5,8H2,(H2,16,17). The summed E-state index contributed by atoms with van der Waals surface area (Å²) in [7, 11) is 0. The monoisotopic (exact) mass is 272 g/mol. The van der Waals surface area contributed by atoms with Crippen molar-refractivity contribution in [3.8, 4) is 11.5 Å². The van der Waals surface area contributed by atoms with E-state index >= 15 is 0 Å². The Morgan fingerprint density at radius 2 is 1.85 bits per heavy atom. The number of aromatic nitrogens is 1. The van der Waals surface area contributed by atoms with Crippen LogP contribution in [0.4, 0.5) is 5.69 Å². The lowest BCUT2D eigenvalue weighted by Crippen LogP contribution is -2.14. The summed E-state index contributed by atoms with van der Waals surface area (Å²) in [5, 5.41) is 0.915. The predicted molar refractivity (Wildman–Crippen MR) is 75.1 cm³/mol. The van der Waals surface area contributed by atoms with Crippen molar-refractivity contribution in [1.82, 2.24) is 4.98 Å². The molecule has 0 radical (unpaired) electrons. The molecule has 2 N–H and O–H groups in total. The summed E-state index contributed by atoms with van der Waals surface area (Å²) in [6, 6.07) is 3.87. The Morgan fingerprint density at radius 3 is 2.70 bits per heavy atom. The summed E-state index contributed by atoms with van der Waals surface area (Å²) >= 11 is 0. The summed E-state index contributed by atoms with van der Waals surface area (Å²) in [6.07, 6.45) is 1.70. The zero-order valence-electron chi connectivity index (χ0n) is 11.1. The van der Waals surface area contributed by atoms with Gasteiger partial charge in [-0.25, -0.2) is 0 Å². The summed E-state index contributed by atoms with van der Waals surface area (Å²) < 4.78 is 16.9. The van der Waals surface area contributed by atoms with Gasteiger partial charge < -0.3 is 19.9 Å². The lowest BCUT2D eigenvalue weighted by atomic mass is 10.0. The quantitative estimate of drug-likeness (QED) is 0.795. The molecule has 0 saturated heterocycles. The Balaban J connectivity index is 1.95. The minimum atomic E-state index is 0.540. The average molecular weight is 272 g/mol. The average Bonchev–Trinajstić information content (AvgIpc) is 2.70. The van der Waals surface area contributed by atoms with E-state index in [1.54, 1.807) is 0 Å². The summed E-state index contributed by atoms with van der Waals surface area (Å²) in [5.74, 6) is 1.51. The van der Waals surface area contributed by atoms with Crippen LogP contribution in [0.3, 0.4) is 0 Å². The van der Waals surface area contributed by atoms with E-state index in [9.17, 15) is 0 Å². The van der Waals surface area contributed by atoms with Gasteiger partial charge in [-0.15, -0.1) is 0 Å². The first-order valence-electron chi connectivity index (χ1n) is 6.91. The highest BCUT2D eigenvalue weighted by Gasteiger charge is 2.19. The van der Waals surface area contributed by atoms with Gasteiger partial charge in [-0.05, 0) is 6.07 Å². The van der Waals surface area contributed by atoms with E-state index in [2.05, 4.69) is 0 Å². The van der Waals surface area contributed by atoms with Gasteiger partial charge in [0.1, 0.15) is 0 Å². The van der Waals surface area contributed by atoms with Gasteiger partial charge in [-0.3, -0.25) is 4.98 Å². The summed E-state index contributed by atoms with van der Waals surface area (Å²) in [5.41, 5.74) is 9.96. The number of fused-ring (bicyclic) bond motifs is 3. The van der Waals surface area contributed by atoms with E-state index < -0.39 is 0 Å². The maximum atomic E-state index is 6.30. The molecule has 1 aromatic heterocycles.